The lowest BCUT2D eigenvalue weighted by atomic mass is 10.0. The van der Waals surface area contributed by atoms with Gasteiger partial charge in [0.1, 0.15) is 5.76 Å². The van der Waals surface area contributed by atoms with Crippen molar-refractivity contribution >= 4 is 5.91 Å². The van der Waals surface area contributed by atoms with Gasteiger partial charge in [0, 0.05) is 12.1 Å². The Bertz CT molecular complexity index is 730. The second-order valence-electron chi connectivity index (χ2n) is 6.72. The van der Waals surface area contributed by atoms with Crippen LogP contribution in [0.1, 0.15) is 42.7 Å². The molecule has 24 heavy (non-hydrogen) atoms. The van der Waals surface area contributed by atoms with Crippen LogP contribution >= 0.6 is 0 Å². The molecular weight excluding hydrogens is 304 g/mol. The van der Waals surface area contributed by atoms with Crippen molar-refractivity contribution < 1.29 is 14.3 Å². The first kappa shape index (κ1) is 16.7. The highest BCUT2D eigenvalue weighted by Gasteiger charge is 2.31. The molecule has 1 amide bonds. The second kappa shape index (κ2) is 6.77. The maximum absolute atomic E-state index is 12.2. The molecule has 1 fully saturated rings. The zero-order chi connectivity index (χ0) is 17.2. The van der Waals surface area contributed by atoms with Crippen LogP contribution in [0, 0.1) is 13.8 Å². The molecule has 0 aliphatic heterocycles. The van der Waals surface area contributed by atoms with Gasteiger partial charge >= 0.3 is 0 Å². The summed E-state index contributed by atoms with van der Waals surface area (Å²) in [4.78, 5) is 16.7. The van der Waals surface area contributed by atoms with E-state index in [9.17, 15) is 9.90 Å². The molecule has 5 heteroatoms. The molecule has 0 unspecified atom stereocenters. The van der Waals surface area contributed by atoms with E-state index < -0.39 is 5.60 Å². The second-order valence-corrected chi connectivity index (χ2v) is 6.72. The van der Waals surface area contributed by atoms with E-state index in [-0.39, 0.29) is 12.3 Å². The number of oxazole rings is 1. The highest BCUT2D eigenvalue weighted by Crippen LogP contribution is 2.28. The number of nitrogens with one attached hydrogen (secondary N) is 1. The minimum absolute atomic E-state index is 0.136. The van der Waals surface area contributed by atoms with Gasteiger partial charge < -0.3 is 14.8 Å². The first-order valence-corrected chi connectivity index (χ1v) is 8.48. The number of amides is 1. The molecule has 1 heterocycles. The lowest BCUT2D eigenvalue weighted by Gasteiger charge is -2.22. The number of carbonyl (C=O) groups excluding carboxylic acids is 1. The highest BCUT2D eigenvalue weighted by atomic mass is 16.4. The van der Waals surface area contributed by atoms with Crippen molar-refractivity contribution in [1.29, 1.82) is 0 Å². The Kier molecular flexibility index (Phi) is 4.71. The van der Waals surface area contributed by atoms with E-state index in [1.54, 1.807) is 0 Å². The predicted octanol–water partition coefficient (Wildman–Crippen LogP) is 2.92. The summed E-state index contributed by atoms with van der Waals surface area (Å²) in [7, 11) is 0. The number of aryl methyl sites for hydroxylation is 2. The third-order valence-corrected chi connectivity index (χ3v) is 4.75. The summed E-state index contributed by atoms with van der Waals surface area (Å²) in [5.74, 6) is 1.06. The van der Waals surface area contributed by atoms with Gasteiger partial charge in [-0.05, 0) is 38.3 Å². The monoisotopic (exact) mass is 328 g/mol. The molecule has 1 saturated carbocycles. The fraction of sp³-hybridized carbons (Fsp3) is 0.474. The molecule has 5 nitrogen and oxygen atoms in total. The van der Waals surface area contributed by atoms with E-state index in [0.717, 1.165) is 36.8 Å². The summed E-state index contributed by atoms with van der Waals surface area (Å²) in [5, 5.41) is 13.1. The van der Waals surface area contributed by atoms with Crippen molar-refractivity contribution in [3.63, 3.8) is 0 Å². The standard InChI is InChI=1S/C19H24N2O3/c1-13-7-3-4-8-15(13)18-21-16(14(2)24-18)11-17(22)20-12-19(23)9-5-6-10-19/h3-4,7-8,23H,5-6,9-12H2,1-2H3,(H,20,22). The first-order chi connectivity index (χ1) is 11.5. The summed E-state index contributed by atoms with van der Waals surface area (Å²) < 4.78 is 5.74. The van der Waals surface area contributed by atoms with Crippen LogP contribution in [0.4, 0.5) is 0 Å². The number of benzene rings is 1. The van der Waals surface area contributed by atoms with Gasteiger partial charge in [-0.25, -0.2) is 4.98 Å². The van der Waals surface area contributed by atoms with Crippen LogP contribution < -0.4 is 5.32 Å². The fourth-order valence-electron chi connectivity index (χ4n) is 3.21. The van der Waals surface area contributed by atoms with Crippen molar-refractivity contribution in [1.82, 2.24) is 10.3 Å². The molecule has 0 saturated heterocycles. The number of carbonyl (C=O) groups is 1. The molecule has 1 aromatic carbocycles. The number of rotatable bonds is 5. The smallest absolute Gasteiger partial charge is 0.226 e. The van der Waals surface area contributed by atoms with Gasteiger partial charge in [-0.15, -0.1) is 0 Å². The third-order valence-electron chi connectivity index (χ3n) is 4.75. The molecule has 1 aliphatic rings. The molecule has 0 bridgehead atoms. The van der Waals surface area contributed by atoms with E-state index in [1.165, 1.54) is 0 Å². The number of aromatic nitrogens is 1. The van der Waals surface area contributed by atoms with Crippen LogP contribution in [0.5, 0.6) is 0 Å². The molecule has 128 valence electrons. The Hall–Kier alpha value is -2.14. The number of aliphatic hydroxyl groups is 1. The summed E-state index contributed by atoms with van der Waals surface area (Å²) in [6.45, 7) is 4.14. The molecule has 3 rings (SSSR count). The molecule has 2 aromatic rings. The van der Waals surface area contributed by atoms with Gasteiger partial charge in [-0.2, -0.15) is 0 Å². The lowest BCUT2D eigenvalue weighted by molar-refractivity contribution is -0.121. The summed E-state index contributed by atoms with van der Waals surface area (Å²) in [6, 6.07) is 7.87. The zero-order valence-electron chi connectivity index (χ0n) is 14.3. The predicted molar refractivity (Wildman–Crippen MR) is 91.5 cm³/mol. The van der Waals surface area contributed by atoms with Crippen molar-refractivity contribution in [3.8, 4) is 11.5 Å². The number of hydrogen-bond acceptors (Lipinski definition) is 4. The van der Waals surface area contributed by atoms with Crippen molar-refractivity contribution in [2.24, 2.45) is 0 Å². The Morgan fingerprint density at radius 3 is 2.71 bits per heavy atom. The molecule has 2 N–H and O–H groups in total. The Balaban J connectivity index is 1.65. The first-order valence-electron chi connectivity index (χ1n) is 8.48. The van der Waals surface area contributed by atoms with E-state index in [2.05, 4.69) is 10.3 Å². The average Bonchev–Trinajstić information content (AvgIpc) is 3.13. The van der Waals surface area contributed by atoms with Crippen LogP contribution in [0.2, 0.25) is 0 Å². The summed E-state index contributed by atoms with van der Waals surface area (Å²) in [6.07, 6.45) is 3.72. The maximum Gasteiger partial charge on any atom is 0.226 e. The molecule has 0 spiro atoms. The fourth-order valence-corrected chi connectivity index (χ4v) is 3.21. The summed E-state index contributed by atoms with van der Waals surface area (Å²) in [5.41, 5.74) is 1.93. The normalized spacial score (nSPS) is 16.3. The number of hydrogen-bond donors (Lipinski definition) is 2. The third kappa shape index (κ3) is 3.67. The molecular formula is C19H24N2O3. The van der Waals surface area contributed by atoms with Crippen LogP contribution in [-0.4, -0.2) is 28.1 Å². The Morgan fingerprint density at radius 2 is 2.00 bits per heavy atom. The minimum atomic E-state index is -0.735. The van der Waals surface area contributed by atoms with Crippen LogP contribution in [0.3, 0.4) is 0 Å². The maximum atomic E-state index is 12.2. The Morgan fingerprint density at radius 1 is 1.29 bits per heavy atom. The Labute approximate surface area is 142 Å². The van der Waals surface area contributed by atoms with Crippen LogP contribution in [-0.2, 0) is 11.2 Å². The van der Waals surface area contributed by atoms with Crippen LogP contribution in [0.15, 0.2) is 28.7 Å². The van der Waals surface area contributed by atoms with Crippen molar-refractivity contribution in [2.45, 2.75) is 51.6 Å². The molecule has 0 atom stereocenters. The van der Waals surface area contributed by atoms with Gasteiger partial charge in [-0.3, -0.25) is 4.79 Å². The SMILES string of the molecule is Cc1ccccc1-c1nc(CC(=O)NCC2(O)CCCC2)c(C)o1. The van der Waals surface area contributed by atoms with Gasteiger partial charge in [0.25, 0.3) is 0 Å². The topological polar surface area (TPSA) is 75.4 Å². The van der Waals surface area contributed by atoms with E-state index in [0.29, 0.717) is 23.9 Å². The van der Waals surface area contributed by atoms with Gasteiger partial charge in [0.05, 0.1) is 17.7 Å². The van der Waals surface area contributed by atoms with Crippen molar-refractivity contribution in [2.75, 3.05) is 6.54 Å². The van der Waals surface area contributed by atoms with Crippen LogP contribution in [0.25, 0.3) is 11.5 Å². The van der Waals surface area contributed by atoms with E-state index >= 15 is 0 Å². The molecule has 0 radical (unpaired) electrons. The lowest BCUT2D eigenvalue weighted by Crippen LogP contribution is -2.41. The quantitative estimate of drug-likeness (QED) is 0.885. The van der Waals surface area contributed by atoms with Gasteiger partial charge in [0.15, 0.2) is 0 Å². The van der Waals surface area contributed by atoms with Gasteiger partial charge in [-0.1, -0.05) is 31.0 Å². The van der Waals surface area contributed by atoms with E-state index in [4.69, 9.17) is 4.42 Å². The van der Waals surface area contributed by atoms with Gasteiger partial charge in [0.2, 0.25) is 11.8 Å². The average molecular weight is 328 g/mol. The largest absolute Gasteiger partial charge is 0.441 e. The molecule has 1 aromatic heterocycles. The molecule has 1 aliphatic carbocycles. The number of nitrogens with zero attached hydrogens (tertiary/aromatic N) is 1. The highest BCUT2D eigenvalue weighted by molar-refractivity contribution is 5.78. The minimum Gasteiger partial charge on any atom is -0.441 e. The van der Waals surface area contributed by atoms with Crippen molar-refractivity contribution in [3.05, 3.63) is 41.3 Å². The zero-order valence-corrected chi connectivity index (χ0v) is 14.3. The summed E-state index contributed by atoms with van der Waals surface area (Å²) >= 11 is 0. The van der Waals surface area contributed by atoms with E-state index in [1.807, 2.05) is 38.1 Å².